The summed E-state index contributed by atoms with van der Waals surface area (Å²) in [5.74, 6) is -0.130. The molecule has 14 heteroatoms. The van der Waals surface area contributed by atoms with E-state index in [4.69, 9.17) is 19.2 Å². The number of carbonyl (C=O) groups is 3. The normalized spacial score (nSPS) is 28.3. The summed E-state index contributed by atoms with van der Waals surface area (Å²) in [5.41, 5.74) is 0.204. The van der Waals surface area contributed by atoms with Crippen LogP contribution in [0.2, 0.25) is 0 Å². The maximum atomic E-state index is 14.4. The van der Waals surface area contributed by atoms with Crippen molar-refractivity contribution in [1.29, 1.82) is 0 Å². The smallest absolute Gasteiger partial charge is 0.240 e. The number of allylic oxidation sites excluding steroid dienone is 2. The predicted molar refractivity (Wildman–Crippen MR) is 194 cm³/mol. The number of amides is 2. The lowest BCUT2D eigenvalue weighted by Gasteiger charge is -2.29. The molecule has 2 aliphatic carbocycles. The van der Waals surface area contributed by atoms with Crippen molar-refractivity contribution in [2.24, 2.45) is 11.3 Å². The Bertz CT molecular complexity index is 1840. The number of aromatic nitrogens is 1. The zero-order valence-electron chi connectivity index (χ0n) is 30.8. The van der Waals surface area contributed by atoms with Crippen LogP contribution in [0.3, 0.4) is 0 Å². The summed E-state index contributed by atoms with van der Waals surface area (Å²) in [6.45, 7) is 7.00. The SMILES string of the molecule is COc1ccc2c(O[C@@H]3C[C@H]4C(=O)C[C@]5(C(=O)NS(=O)(=O)C6(C)CC6)C[C@@H]5/C=C\CCCCC[C@H](NCO)C(=O)N4C3)cc(OC(C)C)nc2c1C. The molecular weight excluding hydrogens is 689 g/mol. The summed E-state index contributed by atoms with van der Waals surface area (Å²) < 4.78 is 45.8. The van der Waals surface area contributed by atoms with E-state index in [0.717, 1.165) is 31.2 Å². The molecule has 3 fully saturated rings. The molecule has 0 unspecified atom stereocenters. The molecule has 52 heavy (non-hydrogen) atoms. The minimum Gasteiger partial charge on any atom is -0.496 e. The lowest BCUT2D eigenvalue weighted by Crippen LogP contribution is -2.51. The van der Waals surface area contributed by atoms with Crippen LogP contribution in [-0.2, 0) is 24.4 Å². The molecule has 1 aromatic heterocycles. The Balaban J connectivity index is 1.33. The third kappa shape index (κ3) is 7.65. The Morgan fingerprint density at radius 3 is 2.62 bits per heavy atom. The van der Waals surface area contributed by atoms with Crippen molar-refractivity contribution in [1.82, 2.24) is 19.9 Å². The molecule has 284 valence electrons. The molecule has 3 heterocycles. The number of rotatable bonds is 10. The lowest BCUT2D eigenvalue weighted by molar-refractivity contribution is -0.141. The number of aliphatic hydroxyl groups is 1. The molecule has 4 aliphatic rings. The van der Waals surface area contributed by atoms with Crippen LogP contribution >= 0.6 is 0 Å². The number of nitrogens with zero attached hydrogens (tertiary/aromatic N) is 2. The number of benzene rings is 1. The molecule has 0 spiro atoms. The number of pyridine rings is 1. The number of hydrogen-bond acceptors (Lipinski definition) is 11. The number of aliphatic hydroxyl groups excluding tert-OH is 1. The number of methoxy groups -OCH3 is 1. The van der Waals surface area contributed by atoms with Gasteiger partial charge >= 0.3 is 0 Å². The highest BCUT2D eigenvalue weighted by Crippen LogP contribution is 2.57. The van der Waals surface area contributed by atoms with Crippen LogP contribution in [0.1, 0.15) is 90.5 Å². The van der Waals surface area contributed by atoms with E-state index in [1.54, 1.807) is 20.1 Å². The number of Topliss-reactive ketones (excluding diaryl/α,β-unsaturated/α-hetero) is 1. The topological polar surface area (TPSA) is 173 Å². The number of sulfonamides is 1. The molecular formula is C38H52N4O9S. The first kappa shape index (κ1) is 38.0. The summed E-state index contributed by atoms with van der Waals surface area (Å²) in [5, 5.41) is 13.4. The Morgan fingerprint density at radius 2 is 1.92 bits per heavy atom. The van der Waals surface area contributed by atoms with Gasteiger partial charge in [-0.05, 0) is 84.3 Å². The Hall–Kier alpha value is -3.75. The Labute approximate surface area is 305 Å². The van der Waals surface area contributed by atoms with Crippen LogP contribution in [0.25, 0.3) is 10.9 Å². The third-order valence-electron chi connectivity index (χ3n) is 11.2. The van der Waals surface area contributed by atoms with Gasteiger partial charge in [0.25, 0.3) is 0 Å². The molecule has 6 rings (SSSR count). The van der Waals surface area contributed by atoms with Gasteiger partial charge in [-0.25, -0.2) is 13.4 Å². The van der Waals surface area contributed by atoms with Crippen molar-refractivity contribution in [3.63, 3.8) is 0 Å². The van der Waals surface area contributed by atoms with Crippen LogP contribution in [0, 0.1) is 18.3 Å². The highest BCUT2D eigenvalue weighted by molar-refractivity contribution is 7.91. The van der Waals surface area contributed by atoms with Crippen LogP contribution in [0.4, 0.5) is 0 Å². The molecule has 2 amide bonds. The van der Waals surface area contributed by atoms with Crippen molar-refractivity contribution in [2.45, 2.75) is 121 Å². The van der Waals surface area contributed by atoms with Gasteiger partial charge in [0.2, 0.25) is 27.7 Å². The van der Waals surface area contributed by atoms with Gasteiger partial charge in [0.05, 0.1) is 54.3 Å². The number of ketones is 1. The van der Waals surface area contributed by atoms with Gasteiger partial charge in [-0.1, -0.05) is 25.0 Å². The van der Waals surface area contributed by atoms with Crippen LogP contribution in [0.5, 0.6) is 17.4 Å². The van der Waals surface area contributed by atoms with Gasteiger partial charge < -0.3 is 24.2 Å². The van der Waals surface area contributed by atoms with Crippen molar-refractivity contribution in [3.05, 3.63) is 35.9 Å². The zero-order valence-corrected chi connectivity index (χ0v) is 31.6. The minimum atomic E-state index is -3.92. The molecule has 1 aromatic carbocycles. The van der Waals surface area contributed by atoms with Crippen molar-refractivity contribution >= 4 is 38.5 Å². The molecule has 1 saturated heterocycles. The number of ether oxygens (including phenoxy) is 3. The quantitative estimate of drug-likeness (QED) is 0.237. The van der Waals surface area contributed by atoms with Gasteiger partial charge in [-0.2, -0.15) is 0 Å². The summed E-state index contributed by atoms with van der Waals surface area (Å²) in [6.07, 6.45) is 8.10. The zero-order chi connectivity index (χ0) is 37.4. The molecule has 0 bridgehead atoms. The molecule has 2 aliphatic heterocycles. The van der Waals surface area contributed by atoms with E-state index in [2.05, 4.69) is 10.0 Å². The third-order valence-corrected chi connectivity index (χ3v) is 13.3. The summed E-state index contributed by atoms with van der Waals surface area (Å²) in [7, 11) is -2.33. The second-order valence-corrected chi connectivity index (χ2v) is 17.6. The fourth-order valence-corrected chi connectivity index (χ4v) is 8.94. The second-order valence-electron chi connectivity index (χ2n) is 15.4. The van der Waals surface area contributed by atoms with E-state index < -0.39 is 51.0 Å². The first-order valence-corrected chi connectivity index (χ1v) is 19.9. The first-order chi connectivity index (χ1) is 24.7. The minimum absolute atomic E-state index is 0.0907. The molecule has 5 atom stereocenters. The highest BCUT2D eigenvalue weighted by atomic mass is 32.2. The molecule has 13 nitrogen and oxygen atoms in total. The average molecular weight is 741 g/mol. The van der Waals surface area contributed by atoms with E-state index >= 15 is 0 Å². The Kier molecular flexibility index (Phi) is 10.9. The second kappa shape index (κ2) is 14.9. The highest BCUT2D eigenvalue weighted by Gasteiger charge is 2.62. The molecule has 2 saturated carbocycles. The standard InChI is InChI=1S/C38H52N4O9S/c1-23(2)50-33-18-32(27-13-14-31(49-5)24(3)34(27)40-33)51-26-17-29-30(44)20-38(36(46)41-52(47,48)37(4)15-16-37)19-25(38)11-9-7-6-8-10-12-28(39-22-43)35(45)42(29)21-26/h9,11,13-14,18,23,25-26,28-29,39,43H,6-8,10,12,15-17,19-22H2,1-5H3,(H,41,46)/b11-9-/t25-,26+,28-,29-,38+/m0/s1. The van der Waals surface area contributed by atoms with E-state index in [9.17, 15) is 27.9 Å². The van der Waals surface area contributed by atoms with Crippen LogP contribution in [-0.4, -0.2) is 90.4 Å². The predicted octanol–water partition coefficient (Wildman–Crippen LogP) is 4.08. The first-order valence-electron chi connectivity index (χ1n) is 18.4. The van der Waals surface area contributed by atoms with Crippen molar-refractivity contribution in [3.8, 4) is 17.4 Å². The van der Waals surface area contributed by atoms with Gasteiger partial charge in [-0.3, -0.25) is 24.4 Å². The lowest BCUT2D eigenvalue weighted by atomic mass is 9.91. The van der Waals surface area contributed by atoms with Crippen molar-refractivity contribution < 1.29 is 42.1 Å². The van der Waals surface area contributed by atoms with E-state index in [1.807, 2.05) is 45.1 Å². The monoisotopic (exact) mass is 740 g/mol. The fourth-order valence-electron chi connectivity index (χ4n) is 7.61. The summed E-state index contributed by atoms with van der Waals surface area (Å²) in [4.78, 5) is 48.8. The Morgan fingerprint density at radius 1 is 1.15 bits per heavy atom. The average Bonchev–Trinajstić information content (AvgIpc) is 3.97. The number of aryl methyl sites for hydroxylation is 1. The van der Waals surface area contributed by atoms with E-state index in [1.165, 1.54) is 4.90 Å². The van der Waals surface area contributed by atoms with Crippen molar-refractivity contribution in [2.75, 3.05) is 20.4 Å². The van der Waals surface area contributed by atoms with Crippen LogP contribution in [0.15, 0.2) is 30.4 Å². The number of hydrogen-bond donors (Lipinski definition) is 3. The maximum Gasteiger partial charge on any atom is 0.240 e. The maximum absolute atomic E-state index is 14.4. The largest absolute Gasteiger partial charge is 0.496 e. The van der Waals surface area contributed by atoms with E-state index in [0.29, 0.717) is 54.0 Å². The fraction of sp³-hybridized carbons (Fsp3) is 0.632. The summed E-state index contributed by atoms with van der Waals surface area (Å²) >= 11 is 0. The van der Waals surface area contributed by atoms with Gasteiger partial charge in [-0.15, -0.1) is 0 Å². The number of fused-ring (bicyclic) bond motifs is 3. The van der Waals surface area contributed by atoms with Gasteiger partial charge in [0, 0.05) is 29.9 Å². The summed E-state index contributed by atoms with van der Waals surface area (Å²) in [6, 6.07) is 3.75. The van der Waals surface area contributed by atoms with Crippen LogP contribution < -0.4 is 24.2 Å². The van der Waals surface area contributed by atoms with Gasteiger partial charge in [0.15, 0.2) is 5.78 Å². The number of carbonyl (C=O) groups excluding carboxylic acids is 3. The molecule has 0 radical (unpaired) electrons. The number of nitrogens with one attached hydrogen (secondary N) is 2. The molecule has 3 N–H and O–H groups in total. The van der Waals surface area contributed by atoms with Gasteiger partial charge in [0.1, 0.15) is 17.6 Å². The molecule has 2 aromatic rings. The van der Waals surface area contributed by atoms with E-state index in [-0.39, 0.29) is 43.1 Å².